The van der Waals surface area contributed by atoms with E-state index in [0.717, 1.165) is 4.31 Å². The van der Waals surface area contributed by atoms with Crippen LogP contribution in [0.15, 0.2) is 23.2 Å². The van der Waals surface area contributed by atoms with Gasteiger partial charge in [-0.25, -0.2) is 12.7 Å². The minimum atomic E-state index is -3.71. The highest BCUT2D eigenvalue weighted by atomic mass is 32.2. The van der Waals surface area contributed by atoms with Gasteiger partial charge >= 0.3 is 5.97 Å². The van der Waals surface area contributed by atoms with Crippen molar-refractivity contribution in [3.8, 4) is 0 Å². The summed E-state index contributed by atoms with van der Waals surface area (Å²) in [6, 6.07) is 2.80. The second kappa shape index (κ2) is 6.73. The normalized spacial score (nSPS) is 11.3. The molecule has 1 heterocycles. The number of carbonyl (C=O) groups excluding carboxylic acids is 1. The molecule has 0 unspecified atom stereocenters. The summed E-state index contributed by atoms with van der Waals surface area (Å²) in [7, 11) is -1.09. The van der Waals surface area contributed by atoms with Crippen LogP contribution >= 0.6 is 12.2 Å². The largest absolute Gasteiger partial charge is 0.469 e. The van der Waals surface area contributed by atoms with Crippen molar-refractivity contribution in [3.05, 3.63) is 24.0 Å². The van der Waals surface area contributed by atoms with E-state index in [1.807, 2.05) is 0 Å². The third kappa shape index (κ3) is 3.95. The number of hydrogen-bond donors (Lipinski definition) is 1. The van der Waals surface area contributed by atoms with Gasteiger partial charge in [0.05, 0.1) is 19.2 Å². The standard InChI is InChI=1S/C11H15N3O4S2/c1-14(6-5-10(15)18-2)20(16,17)8-3-4-9(11(12)19)13-7-8/h3-4,7H,5-6H2,1-2H3,(H2,12,19). The molecule has 1 aromatic rings. The number of nitrogens with zero attached hydrogens (tertiary/aromatic N) is 2. The number of ether oxygens (including phenoxy) is 1. The predicted molar refractivity (Wildman–Crippen MR) is 76.6 cm³/mol. The number of carbonyl (C=O) groups is 1. The Kier molecular flexibility index (Phi) is 5.54. The summed E-state index contributed by atoms with van der Waals surface area (Å²) in [5, 5.41) is 0. The molecule has 20 heavy (non-hydrogen) atoms. The third-order valence-electron chi connectivity index (χ3n) is 2.56. The Morgan fingerprint density at radius 3 is 2.60 bits per heavy atom. The first-order valence-electron chi connectivity index (χ1n) is 5.58. The maximum Gasteiger partial charge on any atom is 0.306 e. The average Bonchev–Trinajstić information content (AvgIpc) is 2.44. The Labute approximate surface area is 122 Å². The lowest BCUT2D eigenvalue weighted by atomic mass is 10.3. The van der Waals surface area contributed by atoms with E-state index in [4.69, 9.17) is 18.0 Å². The van der Waals surface area contributed by atoms with Crippen LogP contribution in [0.2, 0.25) is 0 Å². The molecular formula is C11H15N3O4S2. The number of thiocarbonyl (C=S) groups is 1. The molecular weight excluding hydrogens is 302 g/mol. The zero-order valence-electron chi connectivity index (χ0n) is 11.1. The van der Waals surface area contributed by atoms with E-state index < -0.39 is 16.0 Å². The number of rotatable bonds is 6. The molecule has 0 aliphatic heterocycles. The van der Waals surface area contributed by atoms with Crippen molar-refractivity contribution in [2.45, 2.75) is 11.3 Å². The molecule has 0 bridgehead atoms. The quantitative estimate of drug-likeness (QED) is 0.577. The van der Waals surface area contributed by atoms with Crippen LogP contribution in [0.25, 0.3) is 0 Å². The van der Waals surface area contributed by atoms with E-state index in [9.17, 15) is 13.2 Å². The molecule has 0 atom stereocenters. The second-order valence-corrected chi connectivity index (χ2v) is 6.38. The molecule has 1 aromatic heterocycles. The van der Waals surface area contributed by atoms with Gasteiger partial charge in [0.25, 0.3) is 0 Å². The first kappa shape index (κ1) is 16.5. The Hall–Kier alpha value is -1.58. The third-order valence-corrected chi connectivity index (χ3v) is 4.61. The topological polar surface area (TPSA) is 103 Å². The number of esters is 1. The van der Waals surface area contributed by atoms with Gasteiger partial charge < -0.3 is 10.5 Å². The van der Waals surface area contributed by atoms with Crippen LogP contribution in [0, 0.1) is 0 Å². The molecule has 2 N–H and O–H groups in total. The lowest BCUT2D eigenvalue weighted by molar-refractivity contribution is -0.140. The Morgan fingerprint density at radius 1 is 1.50 bits per heavy atom. The van der Waals surface area contributed by atoms with Crippen LogP contribution in [0.1, 0.15) is 12.1 Å². The highest BCUT2D eigenvalue weighted by Crippen LogP contribution is 2.13. The van der Waals surface area contributed by atoms with Crippen LogP contribution in [0.4, 0.5) is 0 Å². The summed E-state index contributed by atoms with van der Waals surface area (Å²) in [6.07, 6.45) is 1.16. The van der Waals surface area contributed by atoms with Gasteiger partial charge in [0.15, 0.2) is 0 Å². The number of sulfonamides is 1. The highest BCUT2D eigenvalue weighted by molar-refractivity contribution is 7.89. The molecule has 0 aliphatic carbocycles. The van der Waals surface area contributed by atoms with Crippen LogP contribution in [0.3, 0.4) is 0 Å². The van der Waals surface area contributed by atoms with E-state index >= 15 is 0 Å². The Balaban J connectivity index is 2.87. The summed E-state index contributed by atoms with van der Waals surface area (Å²) >= 11 is 4.74. The molecule has 0 saturated heterocycles. The predicted octanol–water partition coefficient (Wildman–Crippen LogP) is -0.101. The molecule has 0 radical (unpaired) electrons. The molecule has 0 fully saturated rings. The fourth-order valence-electron chi connectivity index (χ4n) is 1.33. The first-order chi connectivity index (χ1) is 9.28. The van der Waals surface area contributed by atoms with Gasteiger partial charge in [-0.15, -0.1) is 0 Å². The summed E-state index contributed by atoms with van der Waals surface area (Å²) < 4.78 is 29.9. The Bertz CT molecular complexity index is 599. The van der Waals surface area contributed by atoms with Gasteiger partial charge in [-0.3, -0.25) is 9.78 Å². The average molecular weight is 317 g/mol. The van der Waals surface area contributed by atoms with Crippen molar-refractivity contribution in [3.63, 3.8) is 0 Å². The highest BCUT2D eigenvalue weighted by Gasteiger charge is 2.21. The number of nitrogens with two attached hydrogens (primary N) is 1. The zero-order chi connectivity index (χ0) is 15.3. The fraction of sp³-hybridized carbons (Fsp3) is 0.364. The summed E-state index contributed by atoms with van der Waals surface area (Å²) in [5.41, 5.74) is 5.73. The van der Waals surface area contributed by atoms with Gasteiger partial charge in [-0.1, -0.05) is 12.2 Å². The molecule has 0 saturated carbocycles. The molecule has 0 amide bonds. The van der Waals surface area contributed by atoms with Crippen LogP contribution in [0.5, 0.6) is 0 Å². The summed E-state index contributed by atoms with van der Waals surface area (Å²) in [4.78, 5) is 15.0. The van der Waals surface area contributed by atoms with Crippen LogP contribution in [-0.2, 0) is 19.6 Å². The van der Waals surface area contributed by atoms with Gasteiger partial charge in [0, 0.05) is 19.8 Å². The first-order valence-corrected chi connectivity index (χ1v) is 7.43. The molecule has 7 nitrogen and oxygen atoms in total. The zero-order valence-corrected chi connectivity index (χ0v) is 12.7. The fourth-order valence-corrected chi connectivity index (χ4v) is 2.57. The van der Waals surface area contributed by atoms with Gasteiger partial charge in [-0.2, -0.15) is 0 Å². The molecule has 0 aromatic carbocycles. The maximum atomic E-state index is 12.2. The smallest absolute Gasteiger partial charge is 0.306 e. The SMILES string of the molecule is COC(=O)CCN(C)S(=O)(=O)c1ccc(C(N)=S)nc1. The van der Waals surface area contributed by atoms with E-state index in [0.29, 0.717) is 5.69 Å². The van der Waals surface area contributed by atoms with Crippen molar-refractivity contribution in [1.82, 2.24) is 9.29 Å². The van der Waals surface area contributed by atoms with Crippen molar-refractivity contribution < 1.29 is 17.9 Å². The summed E-state index contributed by atoms with van der Waals surface area (Å²) in [5.74, 6) is -0.478. The number of aromatic nitrogens is 1. The Morgan fingerprint density at radius 2 is 2.15 bits per heavy atom. The lowest BCUT2D eigenvalue weighted by Gasteiger charge is -2.16. The maximum absolute atomic E-state index is 12.2. The molecule has 0 aliphatic rings. The van der Waals surface area contributed by atoms with Crippen LogP contribution in [-0.4, -0.2) is 49.4 Å². The van der Waals surface area contributed by atoms with Crippen molar-refractivity contribution in [1.29, 1.82) is 0 Å². The van der Waals surface area contributed by atoms with Gasteiger partial charge in [0.1, 0.15) is 9.88 Å². The van der Waals surface area contributed by atoms with Gasteiger partial charge in [-0.05, 0) is 12.1 Å². The molecule has 0 spiro atoms. The van der Waals surface area contributed by atoms with E-state index in [1.165, 1.54) is 32.5 Å². The van der Waals surface area contributed by atoms with Crippen molar-refractivity contribution in [2.75, 3.05) is 20.7 Å². The minimum absolute atomic E-state index is 0.00451. The lowest BCUT2D eigenvalue weighted by Crippen LogP contribution is -2.29. The van der Waals surface area contributed by atoms with Crippen molar-refractivity contribution >= 4 is 33.2 Å². The molecule has 9 heteroatoms. The monoisotopic (exact) mass is 317 g/mol. The van der Waals surface area contributed by atoms with Crippen molar-refractivity contribution in [2.24, 2.45) is 5.73 Å². The number of methoxy groups -OCH3 is 1. The second-order valence-electron chi connectivity index (χ2n) is 3.90. The summed E-state index contributed by atoms with van der Waals surface area (Å²) in [6.45, 7) is 0.0199. The van der Waals surface area contributed by atoms with E-state index in [2.05, 4.69) is 9.72 Å². The van der Waals surface area contributed by atoms with E-state index in [-0.39, 0.29) is 22.8 Å². The van der Waals surface area contributed by atoms with Gasteiger partial charge in [0.2, 0.25) is 10.0 Å². The number of pyridine rings is 1. The number of hydrogen-bond acceptors (Lipinski definition) is 6. The molecule has 1 rings (SSSR count). The molecule has 110 valence electrons. The minimum Gasteiger partial charge on any atom is -0.469 e. The van der Waals surface area contributed by atoms with Crippen LogP contribution < -0.4 is 5.73 Å². The van der Waals surface area contributed by atoms with E-state index in [1.54, 1.807) is 0 Å².